The van der Waals surface area contributed by atoms with Crippen molar-refractivity contribution in [3.63, 3.8) is 0 Å². The van der Waals surface area contributed by atoms with E-state index >= 15 is 0 Å². The lowest BCUT2D eigenvalue weighted by Gasteiger charge is -2.12. The molecule has 1 N–H and O–H groups in total. The van der Waals surface area contributed by atoms with E-state index in [9.17, 15) is 0 Å². The van der Waals surface area contributed by atoms with Crippen molar-refractivity contribution in [1.82, 2.24) is 10.3 Å². The number of methoxy groups -OCH3 is 1. The van der Waals surface area contributed by atoms with Crippen molar-refractivity contribution in [1.29, 1.82) is 0 Å². The first-order valence-corrected chi connectivity index (χ1v) is 3.95. The number of aromatic nitrogens is 1. The number of pyridine rings is 1. The fourth-order valence-electron chi connectivity index (χ4n) is 1.04. The Morgan fingerprint density at radius 3 is 2.92 bits per heavy atom. The van der Waals surface area contributed by atoms with Crippen LogP contribution >= 0.6 is 0 Å². The van der Waals surface area contributed by atoms with Gasteiger partial charge in [0.15, 0.2) is 0 Å². The minimum atomic E-state index is 0.223. The summed E-state index contributed by atoms with van der Waals surface area (Å²) in [6.45, 7) is 2.05. The van der Waals surface area contributed by atoms with E-state index in [1.807, 2.05) is 26.1 Å². The fraction of sp³-hybridized carbons (Fsp3) is 0.444. The Morgan fingerprint density at radius 2 is 2.33 bits per heavy atom. The van der Waals surface area contributed by atoms with Crippen LogP contribution < -0.4 is 10.1 Å². The monoisotopic (exact) mass is 166 g/mol. The standard InChI is InChI=1S/C9H14N2O/c1-7(10-2)9-8(12-3)5-4-6-11-9/h4-7,10H,1-3H3. The lowest BCUT2D eigenvalue weighted by atomic mass is 10.2. The largest absolute Gasteiger partial charge is 0.495 e. The molecule has 1 rings (SSSR count). The van der Waals surface area contributed by atoms with Crippen molar-refractivity contribution in [2.24, 2.45) is 0 Å². The highest BCUT2D eigenvalue weighted by atomic mass is 16.5. The number of nitrogens with one attached hydrogen (secondary N) is 1. The lowest BCUT2D eigenvalue weighted by Crippen LogP contribution is -2.14. The number of ether oxygens (including phenoxy) is 1. The zero-order valence-corrected chi connectivity index (χ0v) is 7.66. The Hall–Kier alpha value is -1.09. The van der Waals surface area contributed by atoms with Gasteiger partial charge in [-0.15, -0.1) is 0 Å². The van der Waals surface area contributed by atoms with Crippen molar-refractivity contribution >= 4 is 0 Å². The summed E-state index contributed by atoms with van der Waals surface area (Å²) < 4.78 is 5.17. The molecule has 12 heavy (non-hydrogen) atoms. The van der Waals surface area contributed by atoms with E-state index < -0.39 is 0 Å². The molecule has 0 aliphatic heterocycles. The molecule has 1 aromatic rings. The molecule has 3 heteroatoms. The zero-order chi connectivity index (χ0) is 8.97. The van der Waals surface area contributed by atoms with Gasteiger partial charge >= 0.3 is 0 Å². The number of rotatable bonds is 3. The van der Waals surface area contributed by atoms with Crippen molar-refractivity contribution in [3.8, 4) is 5.75 Å². The van der Waals surface area contributed by atoms with Crippen LogP contribution in [0, 0.1) is 0 Å². The van der Waals surface area contributed by atoms with Crippen molar-refractivity contribution in [2.75, 3.05) is 14.2 Å². The van der Waals surface area contributed by atoms with Gasteiger partial charge in [0, 0.05) is 6.20 Å². The quantitative estimate of drug-likeness (QED) is 0.736. The average molecular weight is 166 g/mol. The van der Waals surface area contributed by atoms with Crippen LogP contribution in [0.5, 0.6) is 5.75 Å². The number of nitrogens with zero attached hydrogens (tertiary/aromatic N) is 1. The van der Waals surface area contributed by atoms with Crippen LogP contribution in [0.2, 0.25) is 0 Å². The highest BCUT2D eigenvalue weighted by molar-refractivity contribution is 5.28. The van der Waals surface area contributed by atoms with Crippen LogP contribution in [-0.4, -0.2) is 19.1 Å². The Bertz CT molecular complexity index is 250. The zero-order valence-electron chi connectivity index (χ0n) is 7.66. The van der Waals surface area contributed by atoms with Crippen molar-refractivity contribution in [3.05, 3.63) is 24.0 Å². The van der Waals surface area contributed by atoms with E-state index in [0.717, 1.165) is 11.4 Å². The molecule has 0 saturated carbocycles. The second kappa shape index (κ2) is 4.07. The third kappa shape index (κ3) is 1.74. The minimum absolute atomic E-state index is 0.223. The Balaban J connectivity index is 2.96. The van der Waals surface area contributed by atoms with E-state index in [2.05, 4.69) is 10.3 Å². The topological polar surface area (TPSA) is 34.2 Å². The maximum atomic E-state index is 5.17. The van der Waals surface area contributed by atoms with Gasteiger partial charge in [-0.2, -0.15) is 0 Å². The summed E-state index contributed by atoms with van der Waals surface area (Å²) in [7, 11) is 3.56. The molecule has 0 radical (unpaired) electrons. The molecule has 0 fully saturated rings. The molecule has 0 bridgehead atoms. The summed E-state index contributed by atoms with van der Waals surface area (Å²) in [5, 5.41) is 3.11. The van der Waals surface area contributed by atoms with Crippen LogP contribution in [0.3, 0.4) is 0 Å². The van der Waals surface area contributed by atoms with Crippen molar-refractivity contribution < 1.29 is 4.74 Å². The van der Waals surface area contributed by atoms with Gasteiger partial charge < -0.3 is 10.1 Å². The second-order valence-corrected chi connectivity index (χ2v) is 2.60. The molecule has 3 nitrogen and oxygen atoms in total. The van der Waals surface area contributed by atoms with Crippen LogP contribution in [0.1, 0.15) is 18.7 Å². The summed E-state index contributed by atoms with van der Waals surface area (Å²) in [5.41, 5.74) is 0.947. The molecule has 0 aliphatic rings. The van der Waals surface area contributed by atoms with Gasteiger partial charge in [0.05, 0.1) is 18.8 Å². The van der Waals surface area contributed by atoms with Crippen molar-refractivity contribution in [2.45, 2.75) is 13.0 Å². The molecule has 0 aromatic carbocycles. The van der Waals surface area contributed by atoms with Crippen LogP contribution in [0.25, 0.3) is 0 Å². The average Bonchev–Trinajstić information content (AvgIpc) is 2.16. The van der Waals surface area contributed by atoms with E-state index in [-0.39, 0.29) is 6.04 Å². The third-order valence-electron chi connectivity index (χ3n) is 1.86. The van der Waals surface area contributed by atoms with E-state index in [1.54, 1.807) is 13.3 Å². The maximum absolute atomic E-state index is 5.17. The van der Waals surface area contributed by atoms with Gasteiger partial charge in [-0.3, -0.25) is 4.98 Å². The van der Waals surface area contributed by atoms with Gasteiger partial charge in [-0.25, -0.2) is 0 Å². The first-order valence-electron chi connectivity index (χ1n) is 3.95. The molecule has 66 valence electrons. The van der Waals surface area contributed by atoms with Gasteiger partial charge in [0.2, 0.25) is 0 Å². The van der Waals surface area contributed by atoms with E-state index in [0.29, 0.717) is 0 Å². The number of hydrogen-bond donors (Lipinski definition) is 1. The summed E-state index contributed by atoms with van der Waals surface area (Å²) in [4.78, 5) is 4.23. The molecular weight excluding hydrogens is 152 g/mol. The lowest BCUT2D eigenvalue weighted by molar-refractivity contribution is 0.400. The highest BCUT2D eigenvalue weighted by Crippen LogP contribution is 2.20. The molecular formula is C9H14N2O. The predicted molar refractivity (Wildman–Crippen MR) is 48.3 cm³/mol. The van der Waals surface area contributed by atoms with E-state index in [1.165, 1.54) is 0 Å². The molecule has 1 unspecified atom stereocenters. The Morgan fingerprint density at radius 1 is 1.58 bits per heavy atom. The van der Waals surface area contributed by atoms with Gasteiger partial charge in [0.1, 0.15) is 5.75 Å². The first kappa shape index (κ1) is 9.00. The summed E-state index contributed by atoms with van der Waals surface area (Å²) in [6, 6.07) is 4.00. The summed E-state index contributed by atoms with van der Waals surface area (Å²) in [6.07, 6.45) is 1.77. The molecule has 1 aromatic heterocycles. The van der Waals surface area contributed by atoms with Gasteiger partial charge in [0.25, 0.3) is 0 Å². The predicted octanol–water partition coefficient (Wildman–Crippen LogP) is 1.37. The molecule has 0 spiro atoms. The summed E-state index contributed by atoms with van der Waals surface area (Å²) >= 11 is 0. The minimum Gasteiger partial charge on any atom is -0.495 e. The molecule has 0 amide bonds. The highest BCUT2D eigenvalue weighted by Gasteiger charge is 2.09. The van der Waals surface area contributed by atoms with E-state index in [4.69, 9.17) is 4.74 Å². The molecule has 1 heterocycles. The Kier molecular flexibility index (Phi) is 3.05. The fourth-order valence-corrected chi connectivity index (χ4v) is 1.04. The number of hydrogen-bond acceptors (Lipinski definition) is 3. The van der Waals surface area contributed by atoms with Crippen LogP contribution in [-0.2, 0) is 0 Å². The summed E-state index contributed by atoms with van der Waals surface area (Å²) in [5.74, 6) is 0.833. The smallest absolute Gasteiger partial charge is 0.141 e. The van der Waals surface area contributed by atoms with Crippen LogP contribution in [0.4, 0.5) is 0 Å². The van der Waals surface area contributed by atoms with Gasteiger partial charge in [-0.05, 0) is 26.1 Å². The normalized spacial score (nSPS) is 12.6. The molecule has 1 atom stereocenters. The molecule has 0 saturated heterocycles. The molecule has 0 aliphatic carbocycles. The maximum Gasteiger partial charge on any atom is 0.141 e. The first-order chi connectivity index (χ1) is 5.79. The van der Waals surface area contributed by atoms with Gasteiger partial charge in [-0.1, -0.05) is 0 Å². The second-order valence-electron chi connectivity index (χ2n) is 2.60. The third-order valence-corrected chi connectivity index (χ3v) is 1.86. The SMILES string of the molecule is CNC(C)c1ncccc1OC. The Labute approximate surface area is 72.8 Å². The van der Waals surface area contributed by atoms with Crippen LogP contribution in [0.15, 0.2) is 18.3 Å².